The zero-order chi connectivity index (χ0) is 11.9. The second-order valence-electron chi connectivity index (χ2n) is 4.52. The summed E-state index contributed by atoms with van der Waals surface area (Å²) in [7, 11) is 0. The first-order chi connectivity index (χ1) is 8.38. The van der Waals surface area contributed by atoms with Crippen LogP contribution in [0.3, 0.4) is 0 Å². The Morgan fingerprint density at radius 3 is 2.41 bits per heavy atom. The van der Waals surface area contributed by atoms with Crippen LogP contribution in [0.5, 0.6) is 0 Å². The Morgan fingerprint density at radius 2 is 1.76 bits per heavy atom. The molecule has 3 nitrogen and oxygen atoms in total. The first-order valence-electron chi connectivity index (χ1n) is 6.22. The molecule has 1 aromatic carbocycles. The highest BCUT2D eigenvalue weighted by Crippen LogP contribution is 2.10. The summed E-state index contributed by atoms with van der Waals surface area (Å²) in [6.45, 7) is 4.11. The third kappa shape index (κ3) is 3.81. The molecule has 0 saturated carbocycles. The number of likely N-dealkylation sites (tertiary alicyclic amines) is 1. The van der Waals surface area contributed by atoms with Crippen LogP contribution in [0.2, 0.25) is 0 Å². The van der Waals surface area contributed by atoms with Crippen molar-refractivity contribution < 1.29 is 4.79 Å². The molecule has 17 heavy (non-hydrogen) atoms. The van der Waals surface area contributed by atoms with E-state index in [9.17, 15) is 4.79 Å². The lowest BCUT2D eigenvalue weighted by Crippen LogP contribution is -2.21. The predicted molar refractivity (Wildman–Crippen MR) is 67.6 cm³/mol. The minimum absolute atomic E-state index is 0.440. The Balaban J connectivity index is 1.82. The van der Waals surface area contributed by atoms with Crippen molar-refractivity contribution in [2.75, 3.05) is 19.6 Å². The van der Waals surface area contributed by atoms with Gasteiger partial charge in [-0.2, -0.15) is 0 Å². The molecule has 1 aromatic rings. The Hall–Kier alpha value is -1.44. The van der Waals surface area contributed by atoms with E-state index in [1.807, 2.05) is 12.1 Å². The average Bonchev–Trinajstić information content (AvgIpc) is 2.88. The van der Waals surface area contributed by atoms with Crippen LogP contribution < -0.4 is 0 Å². The summed E-state index contributed by atoms with van der Waals surface area (Å²) >= 11 is 0. The second kappa shape index (κ2) is 6.33. The van der Waals surface area contributed by atoms with E-state index >= 15 is 0 Å². The van der Waals surface area contributed by atoms with E-state index in [0.717, 1.165) is 18.5 Å². The summed E-state index contributed by atoms with van der Waals surface area (Å²) in [5.41, 5.74) is 2.43. The van der Waals surface area contributed by atoms with Gasteiger partial charge in [-0.1, -0.05) is 24.3 Å². The number of isocyanates is 1. The highest BCUT2D eigenvalue weighted by Gasteiger charge is 2.10. The fourth-order valence-electron chi connectivity index (χ4n) is 2.23. The van der Waals surface area contributed by atoms with E-state index in [2.05, 4.69) is 22.0 Å². The first kappa shape index (κ1) is 12.0. The molecule has 1 fully saturated rings. The summed E-state index contributed by atoms with van der Waals surface area (Å²) in [4.78, 5) is 16.1. The minimum Gasteiger partial charge on any atom is -0.303 e. The van der Waals surface area contributed by atoms with Gasteiger partial charge in [-0.3, -0.25) is 0 Å². The van der Waals surface area contributed by atoms with Gasteiger partial charge < -0.3 is 4.90 Å². The fourth-order valence-corrected chi connectivity index (χ4v) is 2.23. The smallest absolute Gasteiger partial charge is 0.235 e. The van der Waals surface area contributed by atoms with Crippen LogP contribution in [0.25, 0.3) is 0 Å². The van der Waals surface area contributed by atoms with Gasteiger partial charge in [0.05, 0.1) is 6.54 Å². The molecular formula is C14H18N2O. The summed E-state index contributed by atoms with van der Waals surface area (Å²) in [6, 6.07) is 8.35. The normalized spacial score (nSPS) is 15.8. The Bertz CT molecular complexity index is 387. The number of carbonyl (C=O) groups excluding carboxylic acids is 1. The Kier molecular flexibility index (Phi) is 4.48. The molecule has 0 atom stereocenters. The molecule has 90 valence electrons. The molecule has 0 aromatic heterocycles. The Morgan fingerprint density at radius 1 is 1.12 bits per heavy atom. The number of nitrogens with zero attached hydrogens (tertiary/aromatic N) is 2. The molecule has 0 unspecified atom stereocenters. The molecule has 2 rings (SSSR count). The van der Waals surface area contributed by atoms with E-state index < -0.39 is 0 Å². The van der Waals surface area contributed by atoms with Crippen LogP contribution in [-0.2, 0) is 17.8 Å². The quantitative estimate of drug-likeness (QED) is 0.573. The summed E-state index contributed by atoms with van der Waals surface area (Å²) in [5, 5.41) is 0. The summed E-state index contributed by atoms with van der Waals surface area (Å²) in [6.07, 6.45) is 5.37. The molecule has 1 saturated heterocycles. The van der Waals surface area contributed by atoms with Gasteiger partial charge >= 0.3 is 0 Å². The van der Waals surface area contributed by atoms with Crippen LogP contribution in [0.4, 0.5) is 0 Å². The standard InChI is InChI=1S/C14H18N2O/c17-12-15-11-14-5-3-13(4-6-14)7-10-16-8-1-2-9-16/h3-6H,1-2,7-11H2. The van der Waals surface area contributed by atoms with Gasteiger partial charge in [-0.15, -0.1) is 0 Å². The lowest BCUT2D eigenvalue weighted by Gasteiger charge is -2.14. The van der Waals surface area contributed by atoms with E-state index in [4.69, 9.17) is 0 Å². The number of hydrogen-bond donors (Lipinski definition) is 0. The molecule has 0 radical (unpaired) electrons. The number of rotatable bonds is 5. The van der Waals surface area contributed by atoms with Gasteiger partial charge in [-0.25, -0.2) is 9.79 Å². The van der Waals surface area contributed by atoms with Crippen molar-refractivity contribution in [2.24, 2.45) is 4.99 Å². The van der Waals surface area contributed by atoms with Crippen LogP contribution >= 0.6 is 0 Å². The maximum absolute atomic E-state index is 10.00. The highest BCUT2D eigenvalue weighted by molar-refractivity contribution is 5.34. The molecule has 0 spiro atoms. The molecule has 0 N–H and O–H groups in total. The van der Waals surface area contributed by atoms with Crippen LogP contribution in [0, 0.1) is 0 Å². The molecule has 3 heteroatoms. The molecule has 1 heterocycles. The van der Waals surface area contributed by atoms with E-state index in [0.29, 0.717) is 6.54 Å². The zero-order valence-corrected chi connectivity index (χ0v) is 10.1. The van der Waals surface area contributed by atoms with Crippen molar-refractivity contribution in [3.63, 3.8) is 0 Å². The van der Waals surface area contributed by atoms with Crippen LogP contribution in [0.15, 0.2) is 29.3 Å². The minimum atomic E-state index is 0.440. The van der Waals surface area contributed by atoms with Crippen LogP contribution in [0.1, 0.15) is 24.0 Å². The lowest BCUT2D eigenvalue weighted by atomic mass is 10.1. The fraction of sp³-hybridized carbons (Fsp3) is 0.500. The average molecular weight is 230 g/mol. The number of benzene rings is 1. The van der Waals surface area contributed by atoms with Crippen molar-refractivity contribution >= 4 is 6.08 Å². The molecule has 0 bridgehead atoms. The third-order valence-electron chi connectivity index (χ3n) is 3.26. The van der Waals surface area contributed by atoms with Crippen molar-refractivity contribution in [1.82, 2.24) is 4.90 Å². The lowest BCUT2D eigenvalue weighted by molar-refractivity contribution is 0.343. The number of hydrogen-bond acceptors (Lipinski definition) is 3. The van der Waals surface area contributed by atoms with Crippen molar-refractivity contribution in [1.29, 1.82) is 0 Å². The molecular weight excluding hydrogens is 212 g/mol. The summed E-state index contributed by atoms with van der Waals surface area (Å²) in [5.74, 6) is 0. The maximum atomic E-state index is 10.00. The van der Waals surface area contributed by atoms with Gasteiger partial charge in [0.2, 0.25) is 6.08 Å². The monoisotopic (exact) mass is 230 g/mol. The van der Waals surface area contributed by atoms with Crippen LogP contribution in [-0.4, -0.2) is 30.6 Å². The largest absolute Gasteiger partial charge is 0.303 e. The van der Waals surface area contributed by atoms with Gasteiger partial charge in [0.25, 0.3) is 0 Å². The zero-order valence-electron chi connectivity index (χ0n) is 10.1. The van der Waals surface area contributed by atoms with Gasteiger partial charge in [0.1, 0.15) is 0 Å². The molecule has 0 aliphatic carbocycles. The van der Waals surface area contributed by atoms with E-state index in [-0.39, 0.29) is 0 Å². The maximum Gasteiger partial charge on any atom is 0.235 e. The summed E-state index contributed by atoms with van der Waals surface area (Å²) < 4.78 is 0. The van der Waals surface area contributed by atoms with Crippen molar-refractivity contribution in [3.05, 3.63) is 35.4 Å². The molecule has 1 aliphatic heterocycles. The topological polar surface area (TPSA) is 32.7 Å². The number of aliphatic imine (C=N–C) groups is 1. The molecule has 1 aliphatic rings. The predicted octanol–water partition coefficient (Wildman–Crippen LogP) is 2.16. The first-order valence-corrected chi connectivity index (χ1v) is 6.22. The van der Waals surface area contributed by atoms with E-state index in [1.165, 1.54) is 31.5 Å². The van der Waals surface area contributed by atoms with Gasteiger partial charge in [-0.05, 0) is 43.5 Å². The SMILES string of the molecule is O=C=NCc1ccc(CCN2CCCC2)cc1. The van der Waals surface area contributed by atoms with Crippen molar-refractivity contribution in [3.8, 4) is 0 Å². The Labute approximate surface area is 102 Å². The van der Waals surface area contributed by atoms with Gasteiger partial charge in [0, 0.05) is 6.54 Å². The molecule has 0 amide bonds. The highest BCUT2D eigenvalue weighted by atomic mass is 16.1. The van der Waals surface area contributed by atoms with Gasteiger partial charge in [0.15, 0.2) is 0 Å². The van der Waals surface area contributed by atoms with Crippen molar-refractivity contribution in [2.45, 2.75) is 25.8 Å². The third-order valence-corrected chi connectivity index (χ3v) is 3.26. The second-order valence-corrected chi connectivity index (χ2v) is 4.52. The van der Waals surface area contributed by atoms with E-state index in [1.54, 1.807) is 6.08 Å².